The van der Waals surface area contributed by atoms with Crippen LogP contribution in [0.25, 0.3) is 0 Å². The van der Waals surface area contributed by atoms with Crippen molar-refractivity contribution in [1.29, 1.82) is 0 Å². The number of carboxylic acids is 1. The molecule has 1 N–H and O–H groups in total. The van der Waals surface area contributed by atoms with Gasteiger partial charge in [0.1, 0.15) is 6.54 Å². The molecule has 1 aromatic rings. The molecule has 0 spiro atoms. The molecule has 4 nitrogen and oxygen atoms in total. The van der Waals surface area contributed by atoms with Gasteiger partial charge in [0.15, 0.2) is 5.69 Å². The molecule has 0 bridgehead atoms. The van der Waals surface area contributed by atoms with Gasteiger partial charge in [-0.1, -0.05) is 0 Å². The third kappa shape index (κ3) is 2.28. The first-order valence-electron chi connectivity index (χ1n) is 4.06. The average Bonchev–Trinajstić information content (AvgIpc) is 2.30. The quantitative estimate of drug-likeness (QED) is 0.826. The minimum absolute atomic E-state index is 0.0382. The van der Waals surface area contributed by atoms with Crippen molar-refractivity contribution in [2.45, 2.75) is 26.6 Å². The normalized spacial score (nSPS) is 11.8. The van der Waals surface area contributed by atoms with Crippen LogP contribution in [0, 0.1) is 13.8 Å². The second-order valence-electron chi connectivity index (χ2n) is 3.11. The van der Waals surface area contributed by atoms with Gasteiger partial charge in [-0.05, 0) is 13.8 Å². The van der Waals surface area contributed by atoms with Gasteiger partial charge in [0.05, 0.1) is 0 Å². The van der Waals surface area contributed by atoms with E-state index >= 15 is 0 Å². The van der Waals surface area contributed by atoms with Crippen molar-refractivity contribution in [1.82, 2.24) is 9.78 Å². The van der Waals surface area contributed by atoms with Crippen LogP contribution in [0.5, 0.6) is 0 Å². The predicted octanol–water partition coefficient (Wildman–Crippen LogP) is 1.60. The first kappa shape index (κ1) is 11.5. The van der Waals surface area contributed by atoms with Crippen LogP contribution in [0.15, 0.2) is 0 Å². The van der Waals surface area contributed by atoms with E-state index in [0.29, 0.717) is 0 Å². The van der Waals surface area contributed by atoms with Crippen LogP contribution in [0.4, 0.5) is 13.2 Å². The average molecular weight is 222 g/mol. The molecule has 1 rings (SSSR count). The van der Waals surface area contributed by atoms with Gasteiger partial charge in [-0.25, -0.2) is 0 Å². The summed E-state index contributed by atoms with van der Waals surface area (Å²) in [5.74, 6) is -1.23. The first-order valence-corrected chi connectivity index (χ1v) is 4.06. The molecule has 0 radical (unpaired) electrons. The Kier molecular flexibility index (Phi) is 2.74. The summed E-state index contributed by atoms with van der Waals surface area (Å²) in [7, 11) is 0. The lowest BCUT2D eigenvalue weighted by molar-refractivity contribution is -0.143. The molecule has 0 aliphatic heterocycles. The molecular weight excluding hydrogens is 213 g/mol. The van der Waals surface area contributed by atoms with Crippen molar-refractivity contribution < 1.29 is 23.1 Å². The number of carboxylic acid groups (broad SMARTS) is 1. The molecule has 0 atom stereocenters. The van der Waals surface area contributed by atoms with Crippen molar-refractivity contribution in [3.05, 3.63) is 17.0 Å². The Morgan fingerprint density at radius 1 is 1.47 bits per heavy atom. The number of carbonyl (C=O) groups is 1. The van der Waals surface area contributed by atoms with Gasteiger partial charge >= 0.3 is 12.1 Å². The van der Waals surface area contributed by atoms with Crippen molar-refractivity contribution >= 4 is 5.97 Å². The molecule has 0 amide bonds. The molecule has 0 saturated heterocycles. The summed E-state index contributed by atoms with van der Waals surface area (Å²) in [5.41, 5.74) is -0.852. The van der Waals surface area contributed by atoms with Gasteiger partial charge in [-0.2, -0.15) is 18.3 Å². The van der Waals surface area contributed by atoms with E-state index in [-0.39, 0.29) is 11.3 Å². The number of hydrogen-bond acceptors (Lipinski definition) is 2. The molecular formula is C8H9F3N2O2. The second kappa shape index (κ2) is 3.56. The van der Waals surface area contributed by atoms with E-state index in [1.807, 2.05) is 0 Å². The molecule has 0 saturated carbocycles. The minimum atomic E-state index is -4.54. The predicted molar refractivity (Wildman–Crippen MR) is 44.3 cm³/mol. The molecule has 15 heavy (non-hydrogen) atoms. The fourth-order valence-corrected chi connectivity index (χ4v) is 1.19. The van der Waals surface area contributed by atoms with Gasteiger partial charge in [0.25, 0.3) is 0 Å². The van der Waals surface area contributed by atoms with Gasteiger partial charge in [0, 0.05) is 11.3 Å². The zero-order valence-corrected chi connectivity index (χ0v) is 8.09. The van der Waals surface area contributed by atoms with E-state index in [0.717, 1.165) is 4.68 Å². The van der Waals surface area contributed by atoms with E-state index in [9.17, 15) is 18.0 Å². The SMILES string of the molecule is Cc1c(C(F)(F)F)nn(CC(=O)O)c1C. The minimum Gasteiger partial charge on any atom is -0.480 e. The molecule has 84 valence electrons. The topological polar surface area (TPSA) is 55.1 Å². The maximum Gasteiger partial charge on any atom is 0.435 e. The molecule has 7 heteroatoms. The summed E-state index contributed by atoms with van der Waals surface area (Å²) < 4.78 is 37.9. The second-order valence-corrected chi connectivity index (χ2v) is 3.11. The van der Waals surface area contributed by atoms with E-state index < -0.39 is 24.4 Å². The third-order valence-electron chi connectivity index (χ3n) is 2.06. The lowest BCUT2D eigenvalue weighted by atomic mass is 10.2. The maximum atomic E-state index is 12.4. The van der Waals surface area contributed by atoms with Crippen LogP contribution in [0.2, 0.25) is 0 Å². The van der Waals surface area contributed by atoms with Crippen LogP contribution in [0.3, 0.4) is 0 Å². The highest BCUT2D eigenvalue weighted by atomic mass is 19.4. The lowest BCUT2D eigenvalue weighted by Gasteiger charge is -2.02. The van der Waals surface area contributed by atoms with Crippen molar-refractivity contribution in [3.63, 3.8) is 0 Å². The van der Waals surface area contributed by atoms with E-state index in [1.165, 1.54) is 13.8 Å². The number of hydrogen-bond donors (Lipinski definition) is 1. The summed E-state index contributed by atoms with van der Waals surface area (Å²) in [6, 6.07) is 0. The Morgan fingerprint density at radius 2 is 2.00 bits per heavy atom. The highest BCUT2D eigenvalue weighted by Gasteiger charge is 2.37. The van der Waals surface area contributed by atoms with Crippen molar-refractivity contribution in [3.8, 4) is 0 Å². The van der Waals surface area contributed by atoms with E-state index in [2.05, 4.69) is 5.10 Å². The number of aromatic nitrogens is 2. The number of aliphatic carboxylic acids is 1. The zero-order chi connectivity index (χ0) is 11.8. The number of nitrogens with zero attached hydrogens (tertiary/aromatic N) is 2. The van der Waals surface area contributed by atoms with Crippen molar-refractivity contribution in [2.24, 2.45) is 0 Å². The Labute approximate surface area is 83.3 Å². The van der Waals surface area contributed by atoms with Crippen LogP contribution in [0.1, 0.15) is 17.0 Å². The van der Waals surface area contributed by atoms with Gasteiger partial charge in [-0.3, -0.25) is 9.48 Å². The number of alkyl halides is 3. The fraction of sp³-hybridized carbons (Fsp3) is 0.500. The highest BCUT2D eigenvalue weighted by Crippen LogP contribution is 2.31. The first-order chi connectivity index (χ1) is 6.73. The van der Waals surface area contributed by atoms with Gasteiger partial charge in [0.2, 0.25) is 0 Å². The monoisotopic (exact) mass is 222 g/mol. The Hall–Kier alpha value is -1.53. The molecule has 0 aromatic carbocycles. The molecule has 1 heterocycles. The number of rotatable bonds is 2. The molecule has 0 aliphatic rings. The zero-order valence-electron chi connectivity index (χ0n) is 8.09. The van der Waals surface area contributed by atoms with Crippen LogP contribution in [-0.2, 0) is 17.5 Å². The number of halogens is 3. The van der Waals surface area contributed by atoms with Gasteiger partial charge < -0.3 is 5.11 Å². The maximum absolute atomic E-state index is 12.4. The van der Waals surface area contributed by atoms with Crippen LogP contribution >= 0.6 is 0 Å². The van der Waals surface area contributed by atoms with Gasteiger partial charge in [-0.15, -0.1) is 0 Å². The molecule has 0 unspecified atom stereocenters. The summed E-state index contributed by atoms with van der Waals surface area (Å²) in [6.07, 6.45) is -4.54. The van der Waals surface area contributed by atoms with Crippen LogP contribution in [-0.4, -0.2) is 20.9 Å². The lowest BCUT2D eigenvalue weighted by Crippen LogP contribution is -2.13. The smallest absolute Gasteiger partial charge is 0.435 e. The highest BCUT2D eigenvalue weighted by molar-refractivity contribution is 5.66. The van der Waals surface area contributed by atoms with Crippen LogP contribution < -0.4 is 0 Å². The fourth-order valence-electron chi connectivity index (χ4n) is 1.19. The largest absolute Gasteiger partial charge is 0.480 e. The Balaban J connectivity index is 3.18. The third-order valence-corrected chi connectivity index (χ3v) is 2.06. The Bertz CT molecular complexity index is 395. The van der Waals surface area contributed by atoms with E-state index in [1.54, 1.807) is 0 Å². The molecule has 1 aromatic heterocycles. The van der Waals surface area contributed by atoms with Crippen molar-refractivity contribution in [2.75, 3.05) is 0 Å². The summed E-state index contributed by atoms with van der Waals surface area (Å²) in [4.78, 5) is 10.3. The summed E-state index contributed by atoms with van der Waals surface area (Å²) in [5, 5.41) is 11.7. The molecule has 0 aliphatic carbocycles. The Morgan fingerprint density at radius 3 is 2.33 bits per heavy atom. The molecule has 0 fully saturated rings. The summed E-state index contributed by atoms with van der Waals surface area (Å²) >= 11 is 0. The van der Waals surface area contributed by atoms with E-state index in [4.69, 9.17) is 5.11 Å². The standard InChI is InChI=1S/C8H9F3N2O2/c1-4-5(2)13(3-6(14)15)12-7(4)8(9,10)11/h3H2,1-2H3,(H,14,15). The summed E-state index contributed by atoms with van der Waals surface area (Å²) in [6.45, 7) is 2.10.